The van der Waals surface area contributed by atoms with Gasteiger partial charge in [0.15, 0.2) is 0 Å². The van der Waals surface area contributed by atoms with Gasteiger partial charge < -0.3 is 14.0 Å². The van der Waals surface area contributed by atoms with Crippen LogP contribution in [0, 0.1) is 0 Å². The molecule has 1 aromatic carbocycles. The fraction of sp³-hybridized carbons (Fsp3) is 0.500. The molecule has 0 amide bonds. The first-order chi connectivity index (χ1) is 9.18. The van der Waals surface area contributed by atoms with Crippen molar-refractivity contribution in [3.8, 4) is 0 Å². The summed E-state index contributed by atoms with van der Waals surface area (Å²) >= 11 is 6.11. The monoisotopic (exact) mass is 296 g/mol. The van der Waals surface area contributed by atoms with Crippen molar-refractivity contribution < 1.29 is 18.8 Å². The molecule has 0 spiro atoms. The van der Waals surface area contributed by atoms with Gasteiger partial charge in [0.1, 0.15) is 0 Å². The van der Waals surface area contributed by atoms with Gasteiger partial charge in [0, 0.05) is 0 Å². The molecular weight excluding hydrogens is 278 g/mol. The van der Waals surface area contributed by atoms with Crippen LogP contribution in [0.1, 0.15) is 38.1 Å². The summed E-state index contributed by atoms with van der Waals surface area (Å²) in [5.41, 5.74) is 0.284. The van der Waals surface area contributed by atoms with Gasteiger partial charge in [-0.3, -0.25) is 0 Å². The molecule has 1 heterocycles. The van der Waals surface area contributed by atoms with Crippen molar-refractivity contribution in [2.75, 3.05) is 7.11 Å². The number of carbonyl (C=O) groups is 1. The van der Waals surface area contributed by atoms with Crippen LogP contribution >= 0.6 is 11.6 Å². The Bertz CT molecular complexity index is 526. The molecule has 1 aromatic rings. The highest BCUT2D eigenvalue weighted by Gasteiger charge is 2.51. The number of rotatable bonds is 2. The quantitative estimate of drug-likeness (QED) is 0.621. The van der Waals surface area contributed by atoms with Gasteiger partial charge in [-0.25, -0.2) is 4.79 Å². The third-order valence-electron chi connectivity index (χ3n) is 3.92. The topological polar surface area (TPSA) is 44.8 Å². The second-order valence-corrected chi connectivity index (χ2v) is 6.23. The lowest BCUT2D eigenvalue weighted by molar-refractivity contribution is 0.00578. The van der Waals surface area contributed by atoms with Crippen LogP contribution in [0.25, 0.3) is 0 Å². The summed E-state index contributed by atoms with van der Waals surface area (Å²) in [7, 11) is 0.824. The van der Waals surface area contributed by atoms with E-state index in [4.69, 9.17) is 20.9 Å². The molecule has 0 bridgehead atoms. The van der Waals surface area contributed by atoms with E-state index in [9.17, 15) is 4.79 Å². The Morgan fingerprint density at radius 3 is 2.20 bits per heavy atom. The summed E-state index contributed by atoms with van der Waals surface area (Å²) in [5, 5.41) is 0.323. The zero-order valence-electron chi connectivity index (χ0n) is 12.3. The van der Waals surface area contributed by atoms with Crippen molar-refractivity contribution in [1.82, 2.24) is 0 Å². The minimum absolute atomic E-state index is 0.323. The van der Waals surface area contributed by atoms with Crippen LogP contribution in [0.4, 0.5) is 0 Å². The highest BCUT2D eigenvalue weighted by Crippen LogP contribution is 2.36. The van der Waals surface area contributed by atoms with Gasteiger partial charge in [-0.15, -0.1) is 0 Å². The largest absolute Gasteiger partial charge is 0.494 e. The average Bonchev–Trinajstić information content (AvgIpc) is 2.57. The van der Waals surface area contributed by atoms with Crippen LogP contribution in [0.3, 0.4) is 0 Å². The lowest BCUT2D eigenvalue weighted by Gasteiger charge is -2.32. The van der Waals surface area contributed by atoms with Gasteiger partial charge in [-0.2, -0.15) is 0 Å². The second kappa shape index (κ2) is 5.06. The maximum Gasteiger partial charge on any atom is 0.494 e. The predicted molar refractivity (Wildman–Crippen MR) is 78.5 cm³/mol. The number of methoxy groups -OCH3 is 1. The smallest absolute Gasteiger partial charge is 0.465 e. The van der Waals surface area contributed by atoms with Gasteiger partial charge in [0.05, 0.1) is 28.9 Å². The molecule has 4 nitrogen and oxygen atoms in total. The molecule has 0 aliphatic carbocycles. The molecule has 6 heteroatoms. The van der Waals surface area contributed by atoms with Gasteiger partial charge in [0.25, 0.3) is 0 Å². The molecule has 108 valence electrons. The van der Waals surface area contributed by atoms with Crippen LogP contribution in [0.2, 0.25) is 5.02 Å². The summed E-state index contributed by atoms with van der Waals surface area (Å²) in [6, 6.07) is 5.06. The highest BCUT2D eigenvalue weighted by atomic mass is 35.5. The van der Waals surface area contributed by atoms with Gasteiger partial charge in [0.2, 0.25) is 0 Å². The van der Waals surface area contributed by atoms with Gasteiger partial charge in [-0.1, -0.05) is 17.7 Å². The SMILES string of the molecule is COC(=O)c1ccc(B2OC(C)(C)C(C)(C)O2)cc1Cl. The van der Waals surface area contributed by atoms with E-state index in [0.29, 0.717) is 10.6 Å². The minimum Gasteiger partial charge on any atom is -0.465 e. The summed E-state index contributed by atoms with van der Waals surface area (Å²) in [6.07, 6.45) is 0. The molecule has 1 saturated heterocycles. The molecule has 1 aliphatic heterocycles. The molecule has 1 fully saturated rings. The van der Waals surface area contributed by atoms with Crippen LogP contribution in [0.5, 0.6) is 0 Å². The van der Waals surface area contributed by atoms with Crippen molar-refractivity contribution >= 4 is 30.2 Å². The first-order valence-corrected chi connectivity index (χ1v) is 6.79. The summed E-state index contributed by atoms with van der Waals surface area (Å²) in [5.74, 6) is -0.463. The normalized spacial score (nSPS) is 20.0. The highest BCUT2D eigenvalue weighted by molar-refractivity contribution is 6.62. The Labute approximate surface area is 124 Å². The number of benzene rings is 1. The third-order valence-corrected chi connectivity index (χ3v) is 4.24. The Hall–Kier alpha value is -1.04. The standard InChI is InChI=1S/C14H18BClO4/c1-13(2)14(3,4)20-15(19-13)9-6-7-10(11(16)8-9)12(17)18-5/h6-8H,1-5H3. The van der Waals surface area contributed by atoms with E-state index < -0.39 is 24.3 Å². The first kappa shape index (κ1) is 15.4. The number of ether oxygens (including phenoxy) is 1. The lowest BCUT2D eigenvalue weighted by Crippen LogP contribution is -2.41. The maximum atomic E-state index is 11.5. The fourth-order valence-corrected chi connectivity index (χ4v) is 2.20. The summed E-state index contributed by atoms with van der Waals surface area (Å²) < 4.78 is 16.5. The Morgan fingerprint density at radius 2 is 1.75 bits per heavy atom. The predicted octanol–water partition coefficient (Wildman–Crippen LogP) is 2.43. The zero-order valence-corrected chi connectivity index (χ0v) is 13.1. The third kappa shape index (κ3) is 2.58. The van der Waals surface area contributed by atoms with Crippen molar-refractivity contribution in [3.63, 3.8) is 0 Å². The Kier molecular flexibility index (Phi) is 3.89. The van der Waals surface area contributed by atoms with E-state index in [2.05, 4.69) is 4.74 Å². The molecule has 2 rings (SSSR count). The number of esters is 1. The van der Waals surface area contributed by atoms with Crippen molar-refractivity contribution in [3.05, 3.63) is 28.8 Å². The maximum absolute atomic E-state index is 11.5. The van der Waals surface area contributed by atoms with Crippen LogP contribution in [-0.4, -0.2) is 31.4 Å². The second-order valence-electron chi connectivity index (χ2n) is 5.82. The zero-order chi connectivity index (χ0) is 15.1. The summed E-state index contributed by atoms with van der Waals surface area (Å²) in [6.45, 7) is 7.93. The number of halogens is 1. The molecule has 1 aliphatic rings. The number of carbonyl (C=O) groups excluding carboxylic acids is 1. The minimum atomic E-state index is -0.496. The van der Waals surface area contributed by atoms with Crippen molar-refractivity contribution in [2.24, 2.45) is 0 Å². The number of hydrogen-bond acceptors (Lipinski definition) is 4. The Balaban J connectivity index is 2.28. The average molecular weight is 297 g/mol. The Morgan fingerprint density at radius 1 is 1.20 bits per heavy atom. The molecule has 0 unspecified atom stereocenters. The fourth-order valence-electron chi connectivity index (χ4n) is 1.93. The van der Waals surface area contributed by atoms with Crippen LogP contribution in [0.15, 0.2) is 18.2 Å². The van der Waals surface area contributed by atoms with E-state index in [1.165, 1.54) is 7.11 Å². The van der Waals surface area contributed by atoms with Gasteiger partial charge in [-0.05, 0) is 45.3 Å². The molecule has 20 heavy (non-hydrogen) atoms. The molecule has 0 aromatic heterocycles. The molecule has 0 saturated carbocycles. The lowest BCUT2D eigenvalue weighted by atomic mass is 9.79. The van der Waals surface area contributed by atoms with Crippen molar-refractivity contribution in [2.45, 2.75) is 38.9 Å². The van der Waals surface area contributed by atoms with Crippen LogP contribution in [-0.2, 0) is 14.0 Å². The molecular formula is C14H18BClO4. The first-order valence-electron chi connectivity index (χ1n) is 6.41. The van der Waals surface area contributed by atoms with E-state index in [1.54, 1.807) is 18.2 Å². The summed E-state index contributed by atoms with van der Waals surface area (Å²) in [4.78, 5) is 11.5. The van der Waals surface area contributed by atoms with Gasteiger partial charge >= 0.3 is 13.1 Å². The van der Waals surface area contributed by atoms with E-state index in [1.807, 2.05) is 27.7 Å². The van der Waals surface area contributed by atoms with Crippen molar-refractivity contribution in [1.29, 1.82) is 0 Å². The van der Waals surface area contributed by atoms with E-state index in [0.717, 1.165) is 5.46 Å². The number of hydrogen-bond donors (Lipinski definition) is 0. The van der Waals surface area contributed by atoms with E-state index >= 15 is 0 Å². The molecule has 0 N–H and O–H groups in total. The molecule has 0 atom stereocenters. The van der Waals surface area contributed by atoms with E-state index in [-0.39, 0.29) is 0 Å². The molecule has 0 radical (unpaired) electrons. The van der Waals surface area contributed by atoms with Crippen LogP contribution < -0.4 is 5.46 Å².